The number of unbranched alkanes of at least 4 members (excludes halogenated alkanes) is 18. The molecule has 0 rings (SSSR count). The minimum absolute atomic E-state index is 0. The Kier molecular flexibility index (Phi) is 32.0. The van der Waals surface area contributed by atoms with Crippen LogP contribution in [0.1, 0.15) is 142 Å². The second kappa shape index (κ2) is 28.4. The van der Waals surface area contributed by atoms with Crippen LogP contribution in [-0.4, -0.2) is 15.0 Å². The van der Waals surface area contributed by atoms with Crippen molar-refractivity contribution in [1.82, 2.24) is 0 Å². The normalized spacial score (nSPS) is 10.8. The third kappa shape index (κ3) is 27.4. The molecule has 0 aliphatic heterocycles. The molecule has 0 radical (unpaired) electrons. The molecule has 0 amide bonds. The van der Waals surface area contributed by atoms with E-state index < -0.39 is 0 Å². The minimum atomic E-state index is 0. The van der Waals surface area contributed by atoms with Crippen LogP contribution in [-0.2, 0) is 19.5 Å². The van der Waals surface area contributed by atoms with E-state index >= 15 is 0 Å². The Hall–Kier alpha value is 1.14. The first-order valence-corrected chi connectivity index (χ1v) is 14.4. The molecule has 0 aliphatic carbocycles. The first-order valence-electron chi connectivity index (χ1n) is 12.0. The van der Waals surface area contributed by atoms with Gasteiger partial charge in [-0.15, -0.1) is 0 Å². The van der Waals surface area contributed by atoms with Crippen molar-refractivity contribution in [3.8, 4) is 0 Å². The summed E-state index contributed by atoms with van der Waals surface area (Å²) in [5, 5.41) is 3.11. The molecule has 0 heterocycles. The standard InChI is InChI=1S/C24H50Se.Zn/c1-3-5-7-9-11-13-15-17-19-21-23-25-24-22-20-18-16-14-12-10-8-6-4-2;/h3-24H2,1-2H3;. The van der Waals surface area contributed by atoms with Gasteiger partial charge in [-0.05, 0) is 0 Å². The van der Waals surface area contributed by atoms with E-state index in [9.17, 15) is 0 Å². The van der Waals surface area contributed by atoms with Crippen molar-refractivity contribution in [1.29, 1.82) is 0 Å². The van der Waals surface area contributed by atoms with Gasteiger partial charge in [0.15, 0.2) is 0 Å². The van der Waals surface area contributed by atoms with Crippen LogP contribution in [0.5, 0.6) is 0 Å². The molecule has 0 aromatic rings. The summed E-state index contributed by atoms with van der Waals surface area (Å²) < 4.78 is 0. The van der Waals surface area contributed by atoms with Crippen molar-refractivity contribution in [3.05, 3.63) is 0 Å². The third-order valence-electron chi connectivity index (χ3n) is 5.28. The van der Waals surface area contributed by atoms with Gasteiger partial charge >= 0.3 is 168 Å². The van der Waals surface area contributed by atoms with Gasteiger partial charge in [0.2, 0.25) is 0 Å². The molecule has 0 atom stereocenters. The Labute approximate surface area is 186 Å². The van der Waals surface area contributed by atoms with Crippen LogP contribution < -0.4 is 0 Å². The fourth-order valence-corrected chi connectivity index (χ4v) is 5.63. The molecule has 0 saturated heterocycles. The van der Waals surface area contributed by atoms with E-state index in [1.165, 1.54) is 128 Å². The molecular weight excluding hydrogens is 433 g/mol. The van der Waals surface area contributed by atoms with Gasteiger partial charge in [-0.3, -0.25) is 0 Å². The Morgan fingerprint density at radius 1 is 0.346 bits per heavy atom. The zero-order valence-corrected chi connectivity index (χ0v) is 23.4. The van der Waals surface area contributed by atoms with Crippen molar-refractivity contribution in [2.45, 2.75) is 153 Å². The van der Waals surface area contributed by atoms with Crippen LogP contribution in [0.3, 0.4) is 0 Å². The van der Waals surface area contributed by atoms with Crippen LogP contribution >= 0.6 is 0 Å². The Morgan fingerprint density at radius 2 is 0.577 bits per heavy atom. The van der Waals surface area contributed by atoms with Crippen LogP contribution in [0.2, 0.25) is 10.6 Å². The first-order chi connectivity index (χ1) is 12.4. The molecule has 0 nitrogen and oxygen atoms in total. The number of hydrogen-bond donors (Lipinski definition) is 0. The summed E-state index contributed by atoms with van der Waals surface area (Å²) >= 11 is 0.959. The van der Waals surface area contributed by atoms with Crippen molar-refractivity contribution in [2.75, 3.05) is 0 Å². The minimum Gasteiger partial charge on any atom is 0 e. The van der Waals surface area contributed by atoms with Crippen LogP contribution in [0, 0.1) is 0 Å². The smallest absolute Gasteiger partial charge is 0 e. The number of hydrogen-bond acceptors (Lipinski definition) is 0. The average Bonchev–Trinajstić information content (AvgIpc) is 2.63. The molecule has 0 aromatic heterocycles. The van der Waals surface area contributed by atoms with E-state index in [4.69, 9.17) is 0 Å². The quantitative estimate of drug-likeness (QED) is 0.106. The van der Waals surface area contributed by atoms with E-state index in [-0.39, 0.29) is 19.5 Å². The van der Waals surface area contributed by atoms with Crippen molar-refractivity contribution in [3.63, 3.8) is 0 Å². The SMILES string of the molecule is CCCCCCCCCCCC[Se]CCCCCCCCCCCC.[Zn]. The Morgan fingerprint density at radius 3 is 0.846 bits per heavy atom. The zero-order chi connectivity index (χ0) is 18.3. The fraction of sp³-hybridized carbons (Fsp3) is 1.00. The zero-order valence-electron chi connectivity index (χ0n) is 18.7. The molecule has 26 heavy (non-hydrogen) atoms. The molecule has 0 aromatic carbocycles. The third-order valence-corrected chi connectivity index (χ3v) is 7.71. The maximum absolute atomic E-state index is 2.30. The summed E-state index contributed by atoms with van der Waals surface area (Å²) in [6.45, 7) is 4.61. The summed E-state index contributed by atoms with van der Waals surface area (Å²) in [6.07, 6.45) is 29.6. The topological polar surface area (TPSA) is 0 Å². The molecule has 0 unspecified atom stereocenters. The average molecular weight is 483 g/mol. The molecule has 0 aliphatic rings. The van der Waals surface area contributed by atoms with E-state index in [1.54, 1.807) is 10.6 Å². The van der Waals surface area contributed by atoms with Crippen molar-refractivity contribution >= 4 is 15.0 Å². The van der Waals surface area contributed by atoms with Gasteiger partial charge in [-0.25, -0.2) is 0 Å². The summed E-state index contributed by atoms with van der Waals surface area (Å²) in [5.41, 5.74) is 0. The molecule has 154 valence electrons. The van der Waals surface area contributed by atoms with E-state index in [2.05, 4.69) is 13.8 Å². The Balaban J connectivity index is 0. The molecular formula is C24H50SeZn. The fourth-order valence-electron chi connectivity index (χ4n) is 3.49. The van der Waals surface area contributed by atoms with E-state index in [0.717, 1.165) is 15.0 Å². The van der Waals surface area contributed by atoms with Gasteiger partial charge in [-0.2, -0.15) is 0 Å². The molecule has 0 bridgehead atoms. The van der Waals surface area contributed by atoms with Gasteiger partial charge in [0.25, 0.3) is 0 Å². The van der Waals surface area contributed by atoms with Gasteiger partial charge in [0, 0.05) is 19.5 Å². The van der Waals surface area contributed by atoms with Gasteiger partial charge in [0.1, 0.15) is 0 Å². The molecule has 0 spiro atoms. The molecule has 2 heteroatoms. The van der Waals surface area contributed by atoms with Crippen LogP contribution in [0.25, 0.3) is 0 Å². The summed E-state index contributed by atoms with van der Waals surface area (Å²) in [7, 11) is 0. The van der Waals surface area contributed by atoms with Gasteiger partial charge in [0.05, 0.1) is 0 Å². The summed E-state index contributed by atoms with van der Waals surface area (Å²) in [4.78, 5) is 0. The van der Waals surface area contributed by atoms with E-state index in [1.807, 2.05) is 0 Å². The maximum atomic E-state index is 2.30. The van der Waals surface area contributed by atoms with Gasteiger partial charge < -0.3 is 0 Å². The van der Waals surface area contributed by atoms with Gasteiger partial charge in [-0.1, -0.05) is 0 Å². The predicted octanol–water partition coefficient (Wildman–Crippen LogP) is 9.37. The second-order valence-electron chi connectivity index (χ2n) is 7.98. The summed E-state index contributed by atoms with van der Waals surface area (Å²) in [5.74, 6) is 0. The molecule has 0 fully saturated rings. The van der Waals surface area contributed by atoms with Crippen molar-refractivity contribution < 1.29 is 19.5 Å². The monoisotopic (exact) mass is 482 g/mol. The molecule has 0 N–H and O–H groups in total. The number of rotatable bonds is 22. The van der Waals surface area contributed by atoms with Crippen LogP contribution in [0.15, 0.2) is 0 Å². The van der Waals surface area contributed by atoms with Crippen LogP contribution in [0.4, 0.5) is 0 Å². The first kappa shape index (κ1) is 29.3. The second-order valence-corrected chi connectivity index (χ2v) is 10.5. The predicted molar refractivity (Wildman–Crippen MR) is 119 cm³/mol. The summed E-state index contributed by atoms with van der Waals surface area (Å²) in [6, 6.07) is 0. The van der Waals surface area contributed by atoms with Crippen molar-refractivity contribution in [2.24, 2.45) is 0 Å². The Bertz CT molecular complexity index is 198. The molecule has 0 saturated carbocycles. The van der Waals surface area contributed by atoms with E-state index in [0.29, 0.717) is 0 Å².